The van der Waals surface area contributed by atoms with Gasteiger partial charge in [0, 0.05) is 17.0 Å². The van der Waals surface area contributed by atoms with E-state index in [1.165, 1.54) is 10.4 Å². The number of hydrogen-bond acceptors (Lipinski definition) is 4. The molecule has 1 atom stereocenters. The summed E-state index contributed by atoms with van der Waals surface area (Å²) < 4.78 is 5.60. The molecule has 0 amide bonds. The maximum Gasteiger partial charge on any atom is 0.226 e. The molecule has 0 spiro atoms. The quantitative estimate of drug-likeness (QED) is 0.496. The van der Waals surface area contributed by atoms with Gasteiger partial charge in [-0.3, -0.25) is 0 Å². The van der Waals surface area contributed by atoms with Crippen LogP contribution in [-0.2, 0) is 6.54 Å². The second-order valence-corrected chi connectivity index (χ2v) is 7.07. The highest BCUT2D eigenvalue weighted by atomic mass is 32.1. The van der Waals surface area contributed by atoms with Gasteiger partial charge in [-0.25, -0.2) is 9.98 Å². The summed E-state index contributed by atoms with van der Waals surface area (Å²) in [6.45, 7) is 7.51. The Kier molecular flexibility index (Phi) is 6.07. The Bertz CT molecular complexity index is 837. The van der Waals surface area contributed by atoms with Gasteiger partial charge in [-0.1, -0.05) is 23.8 Å². The Labute approximate surface area is 158 Å². The van der Waals surface area contributed by atoms with Gasteiger partial charge in [0.25, 0.3) is 0 Å². The topological polar surface area (TPSA) is 62.5 Å². The number of aliphatic imine (C=N–C) groups is 1. The minimum Gasteiger partial charge on any atom is -0.444 e. The molecule has 0 saturated carbocycles. The summed E-state index contributed by atoms with van der Waals surface area (Å²) in [6, 6.07) is 12.5. The normalized spacial score (nSPS) is 12.8. The van der Waals surface area contributed by atoms with Crippen molar-refractivity contribution in [3.63, 3.8) is 0 Å². The number of oxazole rings is 1. The zero-order valence-corrected chi connectivity index (χ0v) is 16.1. The summed E-state index contributed by atoms with van der Waals surface area (Å²) in [7, 11) is 0. The number of aromatic nitrogens is 1. The van der Waals surface area contributed by atoms with Crippen LogP contribution in [0.1, 0.15) is 36.0 Å². The molecule has 1 aromatic carbocycles. The maximum absolute atomic E-state index is 5.60. The molecule has 2 aromatic heterocycles. The summed E-state index contributed by atoms with van der Waals surface area (Å²) in [5.41, 5.74) is 3.00. The molecule has 0 bridgehead atoms. The number of thiophene rings is 1. The zero-order chi connectivity index (χ0) is 18.4. The number of hydrogen-bond donors (Lipinski definition) is 2. The third-order valence-electron chi connectivity index (χ3n) is 3.92. The SMILES string of the molecule is CCNC(=NCc1coc(-c2ccc(C)cc2)n1)NC(C)c1cccs1. The van der Waals surface area contributed by atoms with Crippen LogP contribution in [0.15, 0.2) is 57.5 Å². The summed E-state index contributed by atoms with van der Waals surface area (Å²) in [4.78, 5) is 10.5. The van der Waals surface area contributed by atoms with E-state index >= 15 is 0 Å². The lowest BCUT2D eigenvalue weighted by Gasteiger charge is -2.16. The molecule has 0 aliphatic rings. The Hall–Kier alpha value is -2.60. The summed E-state index contributed by atoms with van der Waals surface area (Å²) in [5, 5.41) is 8.78. The Morgan fingerprint density at radius 1 is 1.27 bits per heavy atom. The monoisotopic (exact) mass is 368 g/mol. The second kappa shape index (κ2) is 8.67. The molecule has 0 fully saturated rings. The highest BCUT2D eigenvalue weighted by Gasteiger charge is 2.10. The van der Waals surface area contributed by atoms with Crippen molar-refractivity contribution in [2.24, 2.45) is 4.99 Å². The Morgan fingerprint density at radius 3 is 2.77 bits per heavy atom. The van der Waals surface area contributed by atoms with Gasteiger partial charge in [0.15, 0.2) is 5.96 Å². The standard InChI is InChI=1S/C20H24N4OS/c1-4-21-20(23-15(3)18-6-5-11-26-18)22-12-17-13-25-19(24-17)16-9-7-14(2)8-10-16/h5-11,13,15H,4,12H2,1-3H3,(H2,21,22,23). The maximum atomic E-state index is 5.60. The Morgan fingerprint density at radius 2 is 2.08 bits per heavy atom. The predicted molar refractivity (Wildman–Crippen MR) is 107 cm³/mol. The van der Waals surface area contributed by atoms with E-state index in [2.05, 4.69) is 71.0 Å². The first kappa shape index (κ1) is 18.2. The highest BCUT2D eigenvalue weighted by molar-refractivity contribution is 7.10. The van der Waals surface area contributed by atoms with Gasteiger partial charge >= 0.3 is 0 Å². The van der Waals surface area contributed by atoms with Crippen molar-refractivity contribution in [1.82, 2.24) is 15.6 Å². The van der Waals surface area contributed by atoms with Gasteiger partial charge in [-0.05, 0) is 44.4 Å². The van der Waals surface area contributed by atoms with Crippen molar-refractivity contribution in [1.29, 1.82) is 0 Å². The van der Waals surface area contributed by atoms with Crippen LogP contribution < -0.4 is 10.6 Å². The lowest BCUT2D eigenvalue weighted by molar-refractivity contribution is 0.572. The average Bonchev–Trinajstić information content (AvgIpc) is 3.32. The fraction of sp³-hybridized carbons (Fsp3) is 0.300. The molecule has 5 nitrogen and oxygen atoms in total. The van der Waals surface area contributed by atoms with Crippen molar-refractivity contribution in [2.75, 3.05) is 6.54 Å². The molecular weight excluding hydrogens is 344 g/mol. The van der Waals surface area contributed by atoms with Crippen LogP contribution >= 0.6 is 11.3 Å². The van der Waals surface area contributed by atoms with Gasteiger partial charge in [0.1, 0.15) is 12.0 Å². The van der Waals surface area contributed by atoms with E-state index in [0.717, 1.165) is 23.8 Å². The molecule has 6 heteroatoms. The van der Waals surface area contributed by atoms with E-state index in [0.29, 0.717) is 12.4 Å². The van der Waals surface area contributed by atoms with Crippen LogP contribution in [0.4, 0.5) is 0 Å². The number of guanidine groups is 1. The lowest BCUT2D eigenvalue weighted by Crippen LogP contribution is -2.38. The number of nitrogens with zero attached hydrogens (tertiary/aromatic N) is 2. The van der Waals surface area contributed by atoms with Crippen molar-refractivity contribution in [2.45, 2.75) is 33.4 Å². The summed E-state index contributed by atoms with van der Waals surface area (Å²) in [5.74, 6) is 1.40. The smallest absolute Gasteiger partial charge is 0.226 e. The number of nitrogens with one attached hydrogen (secondary N) is 2. The van der Waals surface area contributed by atoms with E-state index in [1.54, 1.807) is 17.6 Å². The van der Waals surface area contributed by atoms with Gasteiger partial charge in [0.05, 0.1) is 12.6 Å². The molecule has 2 N–H and O–H groups in total. The van der Waals surface area contributed by atoms with Crippen LogP contribution in [0.2, 0.25) is 0 Å². The molecule has 2 heterocycles. The van der Waals surface area contributed by atoms with Crippen LogP contribution in [0, 0.1) is 6.92 Å². The zero-order valence-electron chi connectivity index (χ0n) is 15.3. The largest absolute Gasteiger partial charge is 0.444 e. The first-order valence-corrected chi connectivity index (χ1v) is 9.63. The molecular formula is C20H24N4OS. The molecule has 0 saturated heterocycles. The molecule has 0 radical (unpaired) electrons. The number of aryl methyl sites for hydroxylation is 1. The summed E-state index contributed by atoms with van der Waals surface area (Å²) in [6.07, 6.45) is 1.67. The first-order valence-electron chi connectivity index (χ1n) is 8.75. The van der Waals surface area contributed by atoms with E-state index in [9.17, 15) is 0 Å². The summed E-state index contributed by atoms with van der Waals surface area (Å²) >= 11 is 1.73. The van der Waals surface area contributed by atoms with Crippen molar-refractivity contribution in [3.8, 4) is 11.5 Å². The van der Waals surface area contributed by atoms with E-state index in [-0.39, 0.29) is 6.04 Å². The van der Waals surface area contributed by atoms with Crippen molar-refractivity contribution in [3.05, 3.63) is 64.2 Å². The van der Waals surface area contributed by atoms with Gasteiger partial charge in [-0.2, -0.15) is 0 Å². The van der Waals surface area contributed by atoms with Gasteiger partial charge in [0.2, 0.25) is 5.89 Å². The fourth-order valence-electron chi connectivity index (χ4n) is 2.50. The van der Waals surface area contributed by atoms with Crippen LogP contribution in [0.3, 0.4) is 0 Å². The molecule has 1 unspecified atom stereocenters. The van der Waals surface area contributed by atoms with Crippen LogP contribution in [0.25, 0.3) is 11.5 Å². The van der Waals surface area contributed by atoms with Gasteiger partial charge in [-0.15, -0.1) is 11.3 Å². The molecule has 0 aliphatic carbocycles. The minimum absolute atomic E-state index is 0.202. The number of rotatable bonds is 6. The van der Waals surface area contributed by atoms with Crippen LogP contribution in [0.5, 0.6) is 0 Å². The van der Waals surface area contributed by atoms with E-state index in [4.69, 9.17) is 4.42 Å². The molecule has 3 rings (SSSR count). The van der Waals surface area contributed by atoms with Crippen molar-refractivity contribution >= 4 is 17.3 Å². The second-order valence-electron chi connectivity index (χ2n) is 6.09. The third-order valence-corrected chi connectivity index (χ3v) is 4.97. The minimum atomic E-state index is 0.202. The molecule has 0 aliphatic heterocycles. The molecule has 3 aromatic rings. The molecule has 26 heavy (non-hydrogen) atoms. The lowest BCUT2D eigenvalue weighted by atomic mass is 10.1. The van der Waals surface area contributed by atoms with E-state index in [1.807, 2.05) is 12.1 Å². The molecule has 136 valence electrons. The Balaban J connectivity index is 1.67. The number of benzene rings is 1. The predicted octanol–water partition coefficient (Wildman–Crippen LogP) is 4.53. The first-order chi connectivity index (χ1) is 12.7. The van der Waals surface area contributed by atoms with Gasteiger partial charge < -0.3 is 15.1 Å². The fourth-order valence-corrected chi connectivity index (χ4v) is 3.24. The average molecular weight is 369 g/mol. The van der Waals surface area contributed by atoms with Crippen molar-refractivity contribution < 1.29 is 4.42 Å². The van der Waals surface area contributed by atoms with Crippen LogP contribution in [-0.4, -0.2) is 17.5 Å². The third kappa shape index (κ3) is 4.73. The highest BCUT2D eigenvalue weighted by Crippen LogP contribution is 2.20. The van der Waals surface area contributed by atoms with E-state index < -0.39 is 0 Å².